The summed E-state index contributed by atoms with van der Waals surface area (Å²) in [5.41, 5.74) is 18.0. The standard InChI is InChI=1S/C51H51Si.3ClH.Ti/c1-35-17-14-20-42(29-35)32-45-23-8-11-26-48(45)52(51-40(6)38(4)39(5)41(51)7,49-27-12-9-24-46(49)33-43-21-15-18-36(2)30-43)50-28-13-10-25-47(50)34-44-22-16-19-37(3)31-44;;;;/h8-31H,32-34H2,1-7H3;3*1H;/q-1;;;;+4/p-3. The van der Waals surface area contributed by atoms with Gasteiger partial charge < -0.3 is 0 Å². The topological polar surface area (TPSA) is 0 Å². The Morgan fingerprint density at radius 2 is 0.696 bits per heavy atom. The van der Waals surface area contributed by atoms with Gasteiger partial charge in [-0.25, -0.2) is 0 Å². The minimum absolute atomic E-state index is 0.892. The van der Waals surface area contributed by atoms with E-state index < -0.39 is 22.8 Å². The summed E-state index contributed by atoms with van der Waals surface area (Å²) in [5, 5.41) is 6.07. The van der Waals surface area contributed by atoms with Gasteiger partial charge in [-0.15, -0.1) is 5.19 Å². The molecule has 7 aromatic rings. The third-order valence-corrected chi connectivity index (χ3v) is 16.9. The second-order valence-electron chi connectivity index (χ2n) is 15.3. The van der Waals surface area contributed by atoms with Crippen molar-refractivity contribution in [2.75, 3.05) is 0 Å². The minimum atomic E-state index is -3.04. The van der Waals surface area contributed by atoms with Crippen molar-refractivity contribution in [3.63, 3.8) is 0 Å². The van der Waals surface area contributed by atoms with E-state index in [1.165, 1.54) is 87.9 Å². The first-order chi connectivity index (χ1) is 26.9. The fourth-order valence-electron chi connectivity index (χ4n) is 8.87. The van der Waals surface area contributed by atoms with E-state index in [0.717, 1.165) is 19.3 Å². The van der Waals surface area contributed by atoms with E-state index in [1.807, 2.05) is 0 Å². The molecular weight excluding hydrogens is 795 g/mol. The molecule has 0 nitrogen and oxygen atoms in total. The maximum absolute atomic E-state index is 4.97. The van der Waals surface area contributed by atoms with Gasteiger partial charge in [0.25, 0.3) is 0 Å². The monoisotopic (exact) mass is 844 g/mol. The van der Waals surface area contributed by atoms with Crippen LogP contribution in [0.1, 0.15) is 72.3 Å². The van der Waals surface area contributed by atoms with E-state index in [4.69, 9.17) is 27.9 Å². The van der Waals surface area contributed by atoms with Gasteiger partial charge in [-0.3, -0.25) is 0 Å². The molecule has 0 unspecified atom stereocenters. The van der Waals surface area contributed by atoms with Gasteiger partial charge in [0.15, 0.2) is 0 Å². The molecule has 7 rings (SSSR count). The fraction of sp³-hybridized carbons (Fsp3) is 0.196. The Labute approximate surface area is 354 Å². The Kier molecular flexibility index (Phi) is 14.1. The molecule has 0 N–H and O–H groups in total. The Morgan fingerprint density at radius 3 is 0.982 bits per heavy atom. The molecule has 0 amide bonds. The number of aryl methyl sites for hydroxylation is 3. The summed E-state index contributed by atoms with van der Waals surface area (Å²) in [5.74, 6) is 0. The molecule has 284 valence electrons. The summed E-state index contributed by atoms with van der Waals surface area (Å²) in [6.45, 7) is 16.1. The summed E-state index contributed by atoms with van der Waals surface area (Å²) in [6, 6.07) is 55.7. The molecule has 0 saturated carbocycles. The molecule has 0 saturated heterocycles. The van der Waals surface area contributed by atoms with Crippen LogP contribution < -0.4 is 20.7 Å². The van der Waals surface area contributed by atoms with E-state index in [1.54, 1.807) is 5.19 Å². The first-order valence-electron chi connectivity index (χ1n) is 19.4. The predicted octanol–water partition coefficient (Wildman–Crippen LogP) is 11.8. The van der Waals surface area contributed by atoms with Crippen LogP contribution in [-0.4, -0.2) is 8.07 Å². The summed E-state index contributed by atoms with van der Waals surface area (Å²) < 4.78 is 0. The number of benzene rings is 6. The second kappa shape index (κ2) is 18.8. The Hall–Kier alpha value is -3.53. The third-order valence-electron chi connectivity index (χ3n) is 11.5. The predicted molar refractivity (Wildman–Crippen MR) is 244 cm³/mol. The van der Waals surface area contributed by atoms with Gasteiger partial charge in [0.1, 0.15) is 8.07 Å². The summed E-state index contributed by atoms with van der Waals surface area (Å²) in [7, 11) is 11.9. The van der Waals surface area contributed by atoms with E-state index in [-0.39, 0.29) is 0 Å². The van der Waals surface area contributed by atoms with Crippen LogP contribution in [0, 0.1) is 48.5 Å². The van der Waals surface area contributed by atoms with Crippen molar-refractivity contribution in [1.29, 1.82) is 0 Å². The van der Waals surface area contributed by atoms with Crippen LogP contribution in [-0.2, 0) is 34.0 Å². The van der Waals surface area contributed by atoms with Crippen molar-refractivity contribution < 1.29 is 14.7 Å². The summed E-state index contributed by atoms with van der Waals surface area (Å²) in [4.78, 5) is 0. The van der Waals surface area contributed by atoms with Crippen LogP contribution >= 0.6 is 27.9 Å². The van der Waals surface area contributed by atoms with Crippen molar-refractivity contribution >= 4 is 56.7 Å². The number of rotatable bonds is 10. The number of halogens is 3. The molecule has 0 aliphatic rings. The number of hydrogen-bond donors (Lipinski definition) is 0. The SMILES string of the molecule is Cc1cccc(Cc2ccccc2[Si](c2ccccc2Cc2cccc(C)c2)(c2ccccc2Cc2cccc(C)c2)[c-]2c(C)c(C)c(C)c2C)c1.[Cl][Ti+]([Cl])[Cl]. The Balaban J connectivity index is 0.00000127. The fourth-order valence-corrected chi connectivity index (χ4v) is 15.0. The van der Waals surface area contributed by atoms with E-state index in [9.17, 15) is 0 Å². The summed E-state index contributed by atoms with van der Waals surface area (Å²) in [6.07, 6.45) is 2.68. The van der Waals surface area contributed by atoms with Gasteiger partial charge in [0.05, 0.1) is 0 Å². The van der Waals surface area contributed by atoms with Gasteiger partial charge in [-0.2, -0.15) is 22.3 Å². The Morgan fingerprint density at radius 1 is 0.411 bits per heavy atom. The molecule has 0 radical (unpaired) electrons. The van der Waals surface area contributed by atoms with Crippen molar-refractivity contribution in [3.05, 3.63) is 218 Å². The van der Waals surface area contributed by atoms with Gasteiger partial charge in [0.2, 0.25) is 0 Å². The zero-order chi connectivity index (χ0) is 40.0. The molecule has 0 aromatic heterocycles. The normalized spacial score (nSPS) is 11.2. The molecule has 7 aromatic carbocycles. The second-order valence-corrected chi connectivity index (χ2v) is 26.7. The molecule has 0 atom stereocenters. The maximum atomic E-state index is 4.97. The van der Waals surface area contributed by atoms with Crippen LogP contribution in [0.5, 0.6) is 0 Å². The molecule has 0 spiro atoms. The zero-order valence-electron chi connectivity index (χ0n) is 33.6. The average Bonchev–Trinajstić information content (AvgIpc) is 3.35. The molecular formula is C51H51Cl3SiTi. The van der Waals surface area contributed by atoms with Crippen LogP contribution in [0.25, 0.3) is 0 Å². The van der Waals surface area contributed by atoms with Gasteiger partial charge in [0, 0.05) is 0 Å². The van der Waals surface area contributed by atoms with Crippen LogP contribution in [0.2, 0.25) is 0 Å². The van der Waals surface area contributed by atoms with Crippen molar-refractivity contribution in [1.82, 2.24) is 0 Å². The van der Waals surface area contributed by atoms with Crippen molar-refractivity contribution in [3.8, 4) is 0 Å². The Bertz CT molecular complexity index is 2190. The average molecular weight is 846 g/mol. The molecule has 0 aliphatic carbocycles. The summed E-state index contributed by atoms with van der Waals surface area (Å²) >= 11 is -1.92. The van der Waals surface area contributed by atoms with Crippen LogP contribution in [0.3, 0.4) is 0 Å². The molecule has 0 aliphatic heterocycles. The number of hydrogen-bond acceptors (Lipinski definition) is 0. The third kappa shape index (κ3) is 9.26. The van der Waals surface area contributed by atoms with Crippen LogP contribution in [0.4, 0.5) is 0 Å². The quantitative estimate of drug-likeness (QED) is 0.0731. The molecule has 56 heavy (non-hydrogen) atoms. The molecule has 0 fully saturated rings. The van der Waals surface area contributed by atoms with Crippen LogP contribution in [0.15, 0.2) is 146 Å². The van der Waals surface area contributed by atoms with E-state index >= 15 is 0 Å². The van der Waals surface area contributed by atoms with E-state index in [0.29, 0.717) is 0 Å². The molecule has 0 heterocycles. The zero-order valence-corrected chi connectivity index (χ0v) is 38.4. The van der Waals surface area contributed by atoms with Gasteiger partial charge >= 0.3 is 42.6 Å². The first kappa shape index (κ1) is 42.1. The van der Waals surface area contributed by atoms with E-state index in [2.05, 4.69) is 194 Å². The first-order valence-corrected chi connectivity index (χ1v) is 27.8. The van der Waals surface area contributed by atoms with Crippen molar-refractivity contribution in [2.45, 2.75) is 67.7 Å². The molecule has 0 bridgehead atoms. The van der Waals surface area contributed by atoms with Crippen molar-refractivity contribution in [2.24, 2.45) is 0 Å². The van der Waals surface area contributed by atoms with Gasteiger partial charge in [-0.05, 0) is 73.4 Å². The molecule has 5 heteroatoms. The van der Waals surface area contributed by atoms with Gasteiger partial charge in [-0.1, -0.05) is 206 Å².